The largest absolute Gasteiger partial charge is 0.363 e. The Hall–Kier alpha value is -3.18. The van der Waals surface area contributed by atoms with Crippen LogP contribution in [0, 0.1) is 24.0 Å². The summed E-state index contributed by atoms with van der Waals surface area (Å²) in [6.07, 6.45) is 0. The Kier molecular flexibility index (Phi) is 6.99. The van der Waals surface area contributed by atoms with Crippen molar-refractivity contribution in [3.05, 3.63) is 57.6 Å². The minimum atomic E-state index is -4.00. The van der Waals surface area contributed by atoms with Gasteiger partial charge < -0.3 is 10.2 Å². The smallest absolute Gasteiger partial charge is 0.293 e. The molecule has 0 aliphatic carbocycles. The summed E-state index contributed by atoms with van der Waals surface area (Å²) in [4.78, 5) is 26.4. The number of likely N-dealkylation sites (N-methyl/N-ethyl adjacent to an activating group) is 1. The van der Waals surface area contributed by atoms with Crippen LogP contribution in [0.2, 0.25) is 0 Å². The third-order valence-corrected chi connectivity index (χ3v) is 6.80. The molecule has 1 fully saturated rings. The van der Waals surface area contributed by atoms with Crippen LogP contribution in [0.3, 0.4) is 0 Å². The van der Waals surface area contributed by atoms with Crippen molar-refractivity contribution in [2.45, 2.75) is 18.7 Å². The molecule has 0 bridgehead atoms. The standard InChI is InChI=1S/C21H27N5O5S/c1-15-4-6-18(16(2)12-15)23-32(30,31)17-5-7-19(20(13-17)26(28)29)25-10-8-24(9-11-25)14-21(27)22-3/h4-7,12-13,23H,8-11,14H2,1-3H3,(H,22,27). The molecule has 0 aromatic heterocycles. The van der Waals surface area contributed by atoms with E-state index in [-0.39, 0.29) is 23.0 Å². The van der Waals surface area contributed by atoms with E-state index in [2.05, 4.69) is 10.0 Å². The number of hydrogen-bond donors (Lipinski definition) is 2. The zero-order chi connectivity index (χ0) is 23.5. The van der Waals surface area contributed by atoms with Crippen molar-refractivity contribution >= 4 is 33.0 Å². The van der Waals surface area contributed by atoms with Crippen molar-refractivity contribution in [3.63, 3.8) is 0 Å². The highest BCUT2D eigenvalue weighted by Gasteiger charge is 2.27. The molecule has 32 heavy (non-hydrogen) atoms. The van der Waals surface area contributed by atoms with Crippen molar-refractivity contribution in [2.24, 2.45) is 0 Å². The van der Waals surface area contributed by atoms with Gasteiger partial charge in [0.1, 0.15) is 5.69 Å². The molecule has 0 unspecified atom stereocenters. The van der Waals surface area contributed by atoms with Gasteiger partial charge in [0, 0.05) is 39.3 Å². The van der Waals surface area contributed by atoms with Crippen molar-refractivity contribution in [1.82, 2.24) is 10.2 Å². The summed E-state index contributed by atoms with van der Waals surface area (Å²) in [5.41, 5.74) is 2.28. The minimum Gasteiger partial charge on any atom is -0.363 e. The van der Waals surface area contributed by atoms with Gasteiger partial charge in [-0.3, -0.25) is 24.5 Å². The zero-order valence-electron chi connectivity index (χ0n) is 18.3. The molecule has 0 atom stereocenters. The SMILES string of the molecule is CNC(=O)CN1CCN(c2ccc(S(=O)(=O)Nc3ccc(C)cc3C)cc2[N+](=O)[O-])CC1. The molecule has 0 spiro atoms. The summed E-state index contributed by atoms with van der Waals surface area (Å²) in [5, 5.41) is 14.3. The summed E-state index contributed by atoms with van der Waals surface area (Å²) >= 11 is 0. The maximum Gasteiger partial charge on any atom is 0.293 e. The molecule has 172 valence electrons. The third kappa shape index (κ3) is 5.35. The molecular formula is C21H27N5O5S. The lowest BCUT2D eigenvalue weighted by Gasteiger charge is -2.35. The second kappa shape index (κ2) is 9.53. The minimum absolute atomic E-state index is 0.0877. The maximum absolute atomic E-state index is 12.9. The Morgan fingerprint density at radius 3 is 2.38 bits per heavy atom. The molecule has 1 aliphatic heterocycles. The summed E-state index contributed by atoms with van der Waals surface area (Å²) in [5.74, 6) is -0.0877. The molecule has 2 N–H and O–H groups in total. The van der Waals surface area contributed by atoms with Gasteiger partial charge in [0.25, 0.3) is 15.7 Å². The number of nitrogens with one attached hydrogen (secondary N) is 2. The number of piperazine rings is 1. The van der Waals surface area contributed by atoms with E-state index in [1.54, 1.807) is 26.1 Å². The number of nitro groups is 1. The number of benzene rings is 2. The van der Waals surface area contributed by atoms with Crippen molar-refractivity contribution in [3.8, 4) is 0 Å². The van der Waals surface area contributed by atoms with E-state index >= 15 is 0 Å². The van der Waals surface area contributed by atoms with E-state index in [1.165, 1.54) is 12.1 Å². The molecule has 3 rings (SSSR count). The second-order valence-electron chi connectivity index (χ2n) is 7.77. The molecule has 11 heteroatoms. The number of aryl methyl sites for hydroxylation is 2. The Morgan fingerprint density at radius 1 is 1.09 bits per heavy atom. The third-order valence-electron chi connectivity index (χ3n) is 5.44. The number of sulfonamides is 1. The van der Waals surface area contributed by atoms with Gasteiger partial charge in [-0.15, -0.1) is 0 Å². The Morgan fingerprint density at radius 2 is 1.78 bits per heavy atom. The lowest BCUT2D eigenvalue weighted by atomic mass is 10.1. The normalized spacial score (nSPS) is 14.8. The van der Waals surface area contributed by atoms with Crippen LogP contribution in [-0.4, -0.2) is 63.9 Å². The average molecular weight is 462 g/mol. The van der Waals surface area contributed by atoms with Crippen LogP contribution in [0.25, 0.3) is 0 Å². The first kappa shape index (κ1) is 23.5. The number of carbonyl (C=O) groups excluding carboxylic acids is 1. The molecule has 1 aliphatic rings. The maximum atomic E-state index is 12.9. The molecule has 1 saturated heterocycles. The van der Waals surface area contributed by atoms with E-state index in [4.69, 9.17) is 0 Å². The number of rotatable bonds is 7. The quantitative estimate of drug-likeness (QED) is 0.476. The van der Waals surface area contributed by atoms with Crippen molar-refractivity contribution in [2.75, 3.05) is 49.4 Å². The first-order valence-electron chi connectivity index (χ1n) is 10.2. The zero-order valence-corrected chi connectivity index (χ0v) is 19.1. The highest BCUT2D eigenvalue weighted by molar-refractivity contribution is 7.92. The van der Waals surface area contributed by atoms with Gasteiger partial charge in [-0.2, -0.15) is 0 Å². The van der Waals surface area contributed by atoms with Crippen molar-refractivity contribution in [1.29, 1.82) is 0 Å². The van der Waals surface area contributed by atoms with Gasteiger partial charge in [-0.05, 0) is 37.6 Å². The number of carbonyl (C=O) groups is 1. The predicted molar refractivity (Wildman–Crippen MR) is 123 cm³/mol. The van der Waals surface area contributed by atoms with E-state index in [9.17, 15) is 23.3 Å². The molecule has 1 heterocycles. The van der Waals surface area contributed by atoms with E-state index in [0.29, 0.717) is 37.6 Å². The highest BCUT2D eigenvalue weighted by atomic mass is 32.2. The summed E-state index contributed by atoms with van der Waals surface area (Å²) in [6.45, 7) is 6.09. The van der Waals surface area contributed by atoms with Gasteiger partial charge in [-0.1, -0.05) is 17.7 Å². The molecule has 2 aromatic carbocycles. The summed E-state index contributed by atoms with van der Waals surface area (Å²) in [7, 11) is -2.43. The van der Waals surface area contributed by atoms with Gasteiger partial charge in [-0.25, -0.2) is 8.42 Å². The topological polar surface area (TPSA) is 125 Å². The van der Waals surface area contributed by atoms with Crippen LogP contribution in [0.4, 0.5) is 17.1 Å². The van der Waals surface area contributed by atoms with Crippen LogP contribution >= 0.6 is 0 Å². The van der Waals surface area contributed by atoms with Crippen molar-refractivity contribution < 1.29 is 18.1 Å². The number of nitro benzene ring substituents is 1. The molecular weight excluding hydrogens is 434 g/mol. The second-order valence-corrected chi connectivity index (χ2v) is 9.45. The highest BCUT2D eigenvalue weighted by Crippen LogP contribution is 2.32. The van der Waals surface area contributed by atoms with Crippen LogP contribution in [0.1, 0.15) is 11.1 Å². The molecule has 0 radical (unpaired) electrons. The number of nitrogens with zero attached hydrogens (tertiary/aromatic N) is 3. The first-order valence-corrected chi connectivity index (χ1v) is 11.7. The number of anilines is 2. The molecule has 0 saturated carbocycles. The van der Waals surface area contributed by atoms with Gasteiger partial charge in [0.2, 0.25) is 5.91 Å². The lowest BCUT2D eigenvalue weighted by molar-refractivity contribution is -0.384. The monoisotopic (exact) mass is 461 g/mol. The molecule has 10 nitrogen and oxygen atoms in total. The number of amides is 1. The predicted octanol–water partition coefficient (Wildman–Crippen LogP) is 1.88. The molecule has 1 amide bonds. The van der Waals surface area contributed by atoms with Crippen LogP contribution < -0.4 is 14.9 Å². The fourth-order valence-corrected chi connectivity index (χ4v) is 4.80. The molecule has 2 aromatic rings. The average Bonchev–Trinajstić information content (AvgIpc) is 2.75. The van der Waals surface area contributed by atoms with Crippen LogP contribution in [0.5, 0.6) is 0 Å². The van der Waals surface area contributed by atoms with Crippen LogP contribution in [-0.2, 0) is 14.8 Å². The van der Waals surface area contributed by atoms with Gasteiger partial charge in [0.15, 0.2) is 0 Å². The Balaban J connectivity index is 1.82. The fourth-order valence-electron chi connectivity index (χ4n) is 3.64. The lowest BCUT2D eigenvalue weighted by Crippen LogP contribution is -2.49. The summed E-state index contributed by atoms with van der Waals surface area (Å²) in [6, 6.07) is 9.27. The van der Waals surface area contributed by atoms with Crippen LogP contribution in [0.15, 0.2) is 41.3 Å². The van der Waals surface area contributed by atoms with Gasteiger partial charge >= 0.3 is 0 Å². The van der Waals surface area contributed by atoms with E-state index in [1.807, 2.05) is 22.8 Å². The first-order chi connectivity index (χ1) is 15.1. The fraction of sp³-hybridized carbons (Fsp3) is 0.381. The van der Waals surface area contributed by atoms with E-state index in [0.717, 1.165) is 17.2 Å². The van der Waals surface area contributed by atoms with Gasteiger partial charge in [0.05, 0.1) is 22.1 Å². The summed E-state index contributed by atoms with van der Waals surface area (Å²) < 4.78 is 28.3. The van der Waals surface area contributed by atoms with E-state index < -0.39 is 14.9 Å². The Labute approximate surface area is 187 Å². The number of hydrogen-bond acceptors (Lipinski definition) is 7. The Bertz CT molecular complexity index is 1130.